The molecule has 29 heavy (non-hydrogen) atoms. The number of nitrogens with two attached hydrogens (primary N) is 1. The number of hydrogen-bond donors (Lipinski definition) is 3. The predicted octanol–water partition coefficient (Wildman–Crippen LogP) is 0.490. The molecular weight excluding hydrogens is 378 g/mol. The number of anilines is 1. The summed E-state index contributed by atoms with van der Waals surface area (Å²) in [7, 11) is 0. The van der Waals surface area contributed by atoms with E-state index in [1.165, 1.54) is 10.8 Å². The summed E-state index contributed by atoms with van der Waals surface area (Å²) in [6.45, 7) is 1.54. The summed E-state index contributed by atoms with van der Waals surface area (Å²) in [4.78, 5) is 16.1. The first kappa shape index (κ1) is 19.6. The Morgan fingerprint density at radius 2 is 2.24 bits per heavy atom. The van der Waals surface area contributed by atoms with E-state index in [2.05, 4.69) is 10.1 Å². The largest absolute Gasteiger partial charge is 0.461 e. The zero-order valence-electron chi connectivity index (χ0n) is 16.0. The Balaban J connectivity index is 1.53. The van der Waals surface area contributed by atoms with Crippen molar-refractivity contribution in [3.63, 3.8) is 0 Å². The lowest BCUT2D eigenvalue weighted by Gasteiger charge is -2.37. The number of hydrogen-bond acceptors (Lipinski definition) is 9. The number of esters is 1. The molecule has 4 rings (SSSR count). The minimum absolute atomic E-state index is 0.0709. The van der Waals surface area contributed by atoms with Crippen molar-refractivity contribution in [2.24, 2.45) is 5.41 Å². The highest BCUT2D eigenvalue weighted by atomic mass is 16.6. The Morgan fingerprint density at radius 1 is 1.48 bits per heavy atom. The molecule has 0 unspecified atom stereocenters. The zero-order chi connectivity index (χ0) is 20.8. The van der Waals surface area contributed by atoms with Gasteiger partial charge < -0.3 is 25.4 Å². The topological polar surface area (TPSA) is 156 Å². The summed E-state index contributed by atoms with van der Waals surface area (Å²) in [5.74, 6) is -0.214. The minimum atomic E-state index is -1.89. The average molecular weight is 401 g/mol. The molecule has 0 radical (unpaired) electrons. The standard InChI is InChI=1S/C19H23N5O5/c1-18(5-2-6-18)7-13(25)28-9-19(8-20)16(27)14(26)15(29-19)11-3-4-12-17(21)22-10-23-24(11)12/h3-4,10,14-16,26-27H,2,5-7,9H2,1H3,(H2,21,22,23)/t14-,15-,16-,19+/m0/s1. The molecule has 0 spiro atoms. The molecule has 4 atom stereocenters. The summed E-state index contributed by atoms with van der Waals surface area (Å²) >= 11 is 0. The molecule has 154 valence electrons. The van der Waals surface area contributed by atoms with Gasteiger partial charge in [0.15, 0.2) is 5.82 Å². The van der Waals surface area contributed by atoms with Gasteiger partial charge in [-0.25, -0.2) is 9.50 Å². The quantitative estimate of drug-likeness (QED) is 0.607. The molecule has 10 nitrogen and oxygen atoms in total. The number of carbonyl (C=O) groups is 1. The molecule has 2 aliphatic rings. The van der Waals surface area contributed by atoms with Crippen molar-refractivity contribution < 1.29 is 24.5 Å². The lowest BCUT2D eigenvalue weighted by molar-refractivity contribution is -0.158. The number of rotatable bonds is 5. The van der Waals surface area contributed by atoms with E-state index in [4.69, 9.17) is 15.2 Å². The van der Waals surface area contributed by atoms with Crippen LogP contribution in [0.3, 0.4) is 0 Å². The highest BCUT2D eigenvalue weighted by Gasteiger charge is 2.57. The van der Waals surface area contributed by atoms with Crippen LogP contribution >= 0.6 is 0 Å². The van der Waals surface area contributed by atoms with Crippen LogP contribution in [0.4, 0.5) is 5.82 Å². The van der Waals surface area contributed by atoms with Gasteiger partial charge in [-0.05, 0) is 30.4 Å². The SMILES string of the molecule is CC1(CC(=O)OC[C@@]2(C#N)O[C@@H](c3ccc4c(N)ncnn34)[C@H](O)[C@@H]2O)CCC1. The first-order chi connectivity index (χ1) is 13.8. The van der Waals surface area contributed by atoms with E-state index in [-0.39, 0.29) is 17.7 Å². The van der Waals surface area contributed by atoms with Crippen LogP contribution in [-0.2, 0) is 14.3 Å². The second kappa shape index (κ2) is 6.95. The van der Waals surface area contributed by atoms with E-state index < -0.39 is 36.5 Å². The Kier molecular flexibility index (Phi) is 4.69. The predicted molar refractivity (Wildman–Crippen MR) is 99.1 cm³/mol. The van der Waals surface area contributed by atoms with Gasteiger partial charge in [0, 0.05) is 0 Å². The Bertz CT molecular complexity index is 981. The van der Waals surface area contributed by atoms with Crippen molar-refractivity contribution >= 4 is 17.3 Å². The fraction of sp³-hybridized carbons (Fsp3) is 0.579. The number of aliphatic hydroxyl groups excluding tert-OH is 2. The molecule has 0 aromatic carbocycles. The van der Waals surface area contributed by atoms with Gasteiger partial charge in [-0.2, -0.15) is 10.4 Å². The molecule has 1 saturated heterocycles. The number of nitrogen functional groups attached to an aromatic ring is 1. The zero-order valence-corrected chi connectivity index (χ0v) is 16.0. The summed E-state index contributed by atoms with van der Waals surface area (Å²) in [5, 5.41) is 34.9. The van der Waals surface area contributed by atoms with E-state index in [0.717, 1.165) is 19.3 Å². The number of aromatic nitrogens is 3. The van der Waals surface area contributed by atoms with Gasteiger partial charge in [0.25, 0.3) is 0 Å². The lowest BCUT2D eigenvalue weighted by Crippen LogP contribution is -2.46. The van der Waals surface area contributed by atoms with E-state index in [1.54, 1.807) is 12.1 Å². The first-order valence-corrected chi connectivity index (χ1v) is 9.48. The van der Waals surface area contributed by atoms with E-state index in [9.17, 15) is 20.3 Å². The Labute approximate surface area is 166 Å². The van der Waals surface area contributed by atoms with Gasteiger partial charge in [-0.1, -0.05) is 13.3 Å². The maximum absolute atomic E-state index is 12.2. The fourth-order valence-corrected chi connectivity index (χ4v) is 4.02. The van der Waals surface area contributed by atoms with Crippen LogP contribution in [0.5, 0.6) is 0 Å². The Morgan fingerprint density at radius 3 is 2.90 bits per heavy atom. The third kappa shape index (κ3) is 3.21. The minimum Gasteiger partial charge on any atom is -0.461 e. The van der Waals surface area contributed by atoms with Gasteiger partial charge in [0.2, 0.25) is 5.60 Å². The van der Waals surface area contributed by atoms with Gasteiger partial charge in [0.1, 0.15) is 42.8 Å². The summed E-state index contributed by atoms with van der Waals surface area (Å²) in [6.07, 6.45) is 0.432. The molecule has 1 saturated carbocycles. The lowest BCUT2D eigenvalue weighted by atomic mass is 9.68. The summed E-state index contributed by atoms with van der Waals surface area (Å²) in [6, 6.07) is 5.15. The number of nitriles is 1. The van der Waals surface area contributed by atoms with E-state index >= 15 is 0 Å². The highest BCUT2D eigenvalue weighted by Crippen LogP contribution is 2.44. The van der Waals surface area contributed by atoms with Crippen LogP contribution in [0, 0.1) is 16.7 Å². The molecule has 2 aromatic heterocycles. The highest BCUT2D eigenvalue weighted by molar-refractivity contribution is 5.70. The molecular formula is C19H23N5O5. The van der Waals surface area contributed by atoms with Crippen LogP contribution in [0.1, 0.15) is 44.4 Å². The summed E-state index contributed by atoms with van der Waals surface area (Å²) in [5.41, 5.74) is 4.76. The van der Waals surface area contributed by atoms with Crippen LogP contribution in [0.2, 0.25) is 0 Å². The molecule has 4 N–H and O–H groups in total. The molecule has 2 aromatic rings. The second-order valence-corrected chi connectivity index (χ2v) is 8.18. The average Bonchev–Trinajstić information content (AvgIpc) is 3.21. The molecule has 3 heterocycles. The van der Waals surface area contributed by atoms with Gasteiger partial charge >= 0.3 is 5.97 Å². The third-order valence-electron chi connectivity index (χ3n) is 6.02. The van der Waals surface area contributed by atoms with Crippen LogP contribution in [0.25, 0.3) is 5.52 Å². The van der Waals surface area contributed by atoms with Crippen LogP contribution in [0.15, 0.2) is 18.5 Å². The number of carbonyl (C=O) groups excluding carboxylic acids is 1. The summed E-state index contributed by atoms with van der Waals surface area (Å²) < 4.78 is 12.5. The van der Waals surface area contributed by atoms with Crippen LogP contribution < -0.4 is 5.73 Å². The van der Waals surface area contributed by atoms with Crippen molar-refractivity contribution in [1.29, 1.82) is 5.26 Å². The molecule has 0 amide bonds. The van der Waals surface area contributed by atoms with Gasteiger partial charge in [-0.3, -0.25) is 4.79 Å². The van der Waals surface area contributed by atoms with Gasteiger partial charge in [0.05, 0.1) is 12.1 Å². The van der Waals surface area contributed by atoms with E-state index in [0.29, 0.717) is 11.2 Å². The second-order valence-electron chi connectivity index (χ2n) is 8.18. The molecule has 1 aliphatic heterocycles. The molecule has 1 aliphatic carbocycles. The van der Waals surface area contributed by atoms with Crippen molar-refractivity contribution in [3.05, 3.63) is 24.2 Å². The Hall–Kier alpha value is -2.74. The maximum Gasteiger partial charge on any atom is 0.306 e. The number of ether oxygens (including phenoxy) is 2. The van der Waals surface area contributed by atoms with Crippen molar-refractivity contribution in [3.8, 4) is 6.07 Å². The normalized spacial score (nSPS) is 30.6. The number of aliphatic hydroxyl groups is 2. The van der Waals surface area contributed by atoms with Crippen LogP contribution in [-0.4, -0.2) is 55.2 Å². The molecule has 10 heteroatoms. The van der Waals surface area contributed by atoms with Crippen molar-refractivity contribution in [2.75, 3.05) is 12.3 Å². The van der Waals surface area contributed by atoms with E-state index in [1.807, 2.05) is 13.0 Å². The maximum atomic E-state index is 12.2. The first-order valence-electron chi connectivity index (χ1n) is 9.48. The number of nitrogens with zero attached hydrogens (tertiary/aromatic N) is 4. The monoisotopic (exact) mass is 401 g/mol. The molecule has 2 fully saturated rings. The molecule has 0 bridgehead atoms. The smallest absolute Gasteiger partial charge is 0.306 e. The fourth-order valence-electron chi connectivity index (χ4n) is 4.02. The van der Waals surface area contributed by atoms with Crippen molar-refractivity contribution in [2.45, 2.75) is 56.5 Å². The third-order valence-corrected chi connectivity index (χ3v) is 6.02. The number of fused-ring (bicyclic) bond motifs is 1. The van der Waals surface area contributed by atoms with Crippen molar-refractivity contribution in [1.82, 2.24) is 14.6 Å². The van der Waals surface area contributed by atoms with Gasteiger partial charge in [-0.15, -0.1) is 0 Å².